The molecule has 57 heavy (non-hydrogen) atoms. The number of hydrogen-bond acceptors (Lipinski definition) is 19. The Bertz CT molecular complexity index is 1870. The summed E-state index contributed by atoms with van der Waals surface area (Å²) in [6, 6.07) is 0. The van der Waals surface area contributed by atoms with Gasteiger partial charge in [0.05, 0.1) is 19.5 Å². The molecule has 30 heteroatoms. The average Bonchev–Trinajstić information content (AvgIpc) is 3.67. The van der Waals surface area contributed by atoms with Gasteiger partial charge < -0.3 is 60.2 Å². The summed E-state index contributed by atoms with van der Waals surface area (Å²) < 4.78 is 72.0. The Kier molecular flexibility index (Phi) is 17.8. The number of hydrogen-bond donors (Lipinski definition) is 11. The number of anilines is 1. The van der Waals surface area contributed by atoms with Crippen molar-refractivity contribution in [2.45, 2.75) is 76.6 Å². The lowest BCUT2D eigenvalue weighted by molar-refractivity contribution is -0.137. The van der Waals surface area contributed by atoms with Gasteiger partial charge in [0.1, 0.15) is 42.5 Å². The molecular formula is C27H46N7O19P3S. The first kappa shape index (κ1) is 48.6. The van der Waals surface area contributed by atoms with Crippen molar-refractivity contribution in [1.29, 1.82) is 0 Å². The van der Waals surface area contributed by atoms with Crippen LogP contribution < -0.4 is 16.4 Å². The van der Waals surface area contributed by atoms with Gasteiger partial charge in [-0.2, -0.15) is 4.31 Å². The van der Waals surface area contributed by atoms with Crippen molar-refractivity contribution in [3.63, 3.8) is 0 Å². The Labute approximate surface area is 326 Å². The fourth-order valence-electron chi connectivity index (χ4n) is 5.00. The molecule has 3 rings (SSSR count). The zero-order chi connectivity index (χ0) is 42.8. The molecular weight excluding hydrogens is 851 g/mol. The summed E-state index contributed by atoms with van der Waals surface area (Å²) in [6.07, 6.45) is -4.96. The number of nitrogens with one attached hydrogen (secondary N) is 2. The topological polar surface area (TPSA) is 401 Å². The molecule has 324 valence electrons. The number of aliphatic hydroxyl groups excluding tert-OH is 2. The van der Waals surface area contributed by atoms with E-state index in [1.807, 2.05) is 0 Å². The third-order valence-corrected chi connectivity index (χ3v) is 12.5. The molecule has 8 atom stereocenters. The zero-order valence-corrected chi connectivity index (χ0v) is 34.0. The summed E-state index contributed by atoms with van der Waals surface area (Å²) >= 11 is -1.97. The first-order valence-electron chi connectivity index (χ1n) is 16.8. The second-order valence-corrected chi connectivity index (χ2v) is 19.0. The molecule has 2 aromatic heterocycles. The third-order valence-electron chi connectivity index (χ3n) is 7.97. The van der Waals surface area contributed by atoms with E-state index in [2.05, 4.69) is 34.4 Å². The van der Waals surface area contributed by atoms with Crippen molar-refractivity contribution in [2.75, 3.05) is 37.8 Å². The SMILES string of the molecule is CC(C)(COP(=O)(O)OP(=O)(O)OC[C@H]1O[C@@H](n2cnc3c(N)ncnc32)[C@H](O)[C@@H]1OP(=O)(O)O)[C@@H](O)C(=O)NCCC(=O)NCC[SH](O)C(=O)CCCCC=O. The third kappa shape index (κ3) is 15.1. The molecule has 1 fully saturated rings. The van der Waals surface area contributed by atoms with Gasteiger partial charge in [-0.3, -0.25) is 32.5 Å². The summed E-state index contributed by atoms with van der Waals surface area (Å²) in [4.78, 5) is 97.8. The first-order chi connectivity index (χ1) is 26.5. The molecule has 0 aromatic carbocycles. The largest absolute Gasteiger partial charge is 0.481 e. The van der Waals surface area contributed by atoms with E-state index in [1.54, 1.807) is 0 Å². The average molecular weight is 898 g/mol. The number of imidazole rings is 1. The van der Waals surface area contributed by atoms with Gasteiger partial charge in [0.15, 0.2) is 22.8 Å². The van der Waals surface area contributed by atoms with Crippen molar-refractivity contribution in [2.24, 2.45) is 5.41 Å². The van der Waals surface area contributed by atoms with E-state index in [4.69, 9.17) is 19.5 Å². The maximum atomic E-state index is 12.7. The summed E-state index contributed by atoms with van der Waals surface area (Å²) in [5, 5.41) is 25.8. The second kappa shape index (κ2) is 20.9. The van der Waals surface area contributed by atoms with E-state index >= 15 is 0 Å². The maximum Gasteiger partial charge on any atom is 0.481 e. The number of carbonyl (C=O) groups is 4. The Morgan fingerprint density at radius 1 is 1.05 bits per heavy atom. The number of aliphatic hydroxyl groups is 2. The minimum atomic E-state index is -5.59. The maximum absolute atomic E-state index is 12.7. The van der Waals surface area contributed by atoms with Crippen LogP contribution in [-0.2, 0) is 55.5 Å². The minimum Gasteiger partial charge on any atom is -0.386 e. The molecule has 3 unspecified atom stereocenters. The van der Waals surface area contributed by atoms with Crippen molar-refractivity contribution < 1.29 is 89.8 Å². The highest BCUT2D eigenvalue weighted by atomic mass is 32.2. The quantitative estimate of drug-likeness (QED) is 0.0265. The molecule has 0 radical (unpaired) electrons. The summed E-state index contributed by atoms with van der Waals surface area (Å²) in [5.74, 6) is -1.61. The number of ether oxygens (including phenoxy) is 1. The number of carbonyl (C=O) groups excluding carboxylic acids is 4. The van der Waals surface area contributed by atoms with Crippen LogP contribution in [0.4, 0.5) is 5.82 Å². The Hall–Kier alpha value is -2.81. The van der Waals surface area contributed by atoms with Gasteiger partial charge >= 0.3 is 23.5 Å². The summed E-state index contributed by atoms with van der Waals surface area (Å²) in [7, 11) is -16.4. The molecule has 0 bridgehead atoms. The standard InChI is InChI=1S/C27H46N7O19P3S/c1-27(2,22(39)25(40)30-8-7-17(36)29-9-11-57(48)18(37)6-4-3-5-10-35)13-50-56(46,47)53-55(44,45)49-12-16-21(52-54(41,42)43)20(38)26(51-16)34-15-33-19-23(28)31-14-32-24(19)34/h10,14-16,20-22,26,38-39,48,57H,3-9,11-13H2,1-2H3,(H,29,36)(H,30,40)(H,44,45)(H,46,47)(H2,28,31,32)(H2,41,42,43)/t16-,20-,21-,22+,26-/m1/s1. The molecule has 26 nitrogen and oxygen atoms in total. The molecule has 2 aromatic rings. The molecule has 11 N–H and O–H groups in total. The number of nitrogens with two attached hydrogens (primary N) is 1. The van der Waals surface area contributed by atoms with Crippen molar-refractivity contribution in [3.05, 3.63) is 12.7 Å². The summed E-state index contributed by atoms with van der Waals surface area (Å²) in [6.45, 7) is 0.0986. The molecule has 1 aliphatic heterocycles. The normalized spacial score (nSPS) is 22.3. The lowest BCUT2D eigenvalue weighted by Crippen LogP contribution is -2.46. The number of thiol groups is 1. The molecule has 3 heterocycles. The number of nitrogens with zero attached hydrogens (tertiary/aromatic N) is 4. The number of unbranched alkanes of at least 4 members (excludes halogenated alkanes) is 2. The van der Waals surface area contributed by atoms with Gasteiger partial charge in [0.25, 0.3) is 0 Å². The second-order valence-electron chi connectivity index (χ2n) is 13.0. The number of fused-ring (bicyclic) bond motifs is 1. The van der Waals surface area contributed by atoms with Crippen molar-refractivity contribution in [3.8, 4) is 0 Å². The highest BCUT2D eigenvalue weighted by Gasteiger charge is 2.50. The van der Waals surface area contributed by atoms with Crippen LogP contribution >= 0.6 is 34.6 Å². The van der Waals surface area contributed by atoms with E-state index < -0.39 is 95.7 Å². The lowest BCUT2D eigenvalue weighted by atomic mass is 9.87. The number of amides is 2. The predicted molar refractivity (Wildman–Crippen MR) is 196 cm³/mol. The molecule has 2 amide bonds. The van der Waals surface area contributed by atoms with E-state index in [0.29, 0.717) is 19.3 Å². The number of aromatic nitrogens is 4. The van der Waals surface area contributed by atoms with Gasteiger partial charge in [0.2, 0.25) is 11.8 Å². The zero-order valence-electron chi connectivity index (χ0n) is 30.4. The minimum absolute atomic E-state index is 0.00918. The lowest BCUT2D eigenvalue weighted by Gasteiger charge is -2.30. The van der Waals surface area contributed by atoms with Gasteiger partial charge in [0, 0.05) is 43.5 Å². The number of phosphoric acid groups is 3. The molecule has 0 spiro atoms. The van der Waals surface area contributed by atoms with Gasteiger partial charge in [-0.15, -0.1) is 0 Å². The molecule has 1 saturated heterocycles. The van der Waals surface area contributed by atoms with Gasteiger partial charge in [-0.05, 0) is 12.8 Å². The first-order valence-corrected chi connectivity index (χ1v) is 22.8. The highest BCUT2D eigenvalue weighted by Crippen LogP contribution is 2.61. The monoisotopic (exact) mass is 897 g/mol. The Balaban J connectivity index is 1.48. The number of rotatable bonds is 24. The number of aldehydes is 1. The van der Waals surface area contributed by atoms with Crippen molar-refractivity contribution >= 4 is 74.8 Å². The van der Waals surface area contributed by atoms with Crippen LogP contribution in [0.1, 0.15) is 52.2 Å². The van der Waals surface area contributed by atoms with Crippen LogP contribution in [0.5, 0.6) is 0 Å². The van der Waals surface area contributed by atoms with E-state index in [-0.39, 0.29) is 53.8 Å². The van der Waals surface area contributed by atoms with Crippen LogP contribution in [0.25, 0.3) is 11.2 Å². The van der Waals surface area contributed by atoms with E-state index in [0.717, 1.165) is 23.5 Å². The highest BCUT2D eigenvalue weighted by molar-refractivity contribution is 8.25. The Morgan fingerprint density at radius 3 is 2.40 bits per heavy atom. The predicted octanol–water partition coefficient (Wildman–Crippen LogP) is -0.835. The van der Waals surface area contributed by atoms with Gasteiger partial charge in [-0.1, -0.05) is 25.0 Å². The van der Waals surface area contributed by atoms with Crippen molar-refractivity contribution in [1.82, 2.24) is 30.2 Å². The smallest absolute Gasteiger partial charge is 0.386 e. The van der Waals surface area contributed by atoms with Crippen LogP contribution in [0.3, 0.4) is 0 Å². The van der Waals surface area contributed by atoms with Gasteiger partial charge in [-0.25, -0.2) is 28.6 Å². The van der Waals surface area contributed by atoms with Crippen LogP contribution in [0, 0.1) is 5.41 Å². The molecule has 1 aliphatic rings. The number of nitrogen functional groups attached to an aromatic ring is 1. The fraction of sp³-hybridized carbons (Fsp3) is 0.667. The van der Waals surface area contributed by atoms with Crippen LogP contribution in [-0.4, -0.2) is 134 Å². The number of phosphoric ester groups is 3. The summed E-state index contributed by atoms with van der Waals surface area (Å²) in [5.41, 5.74) is 4.20. The molecule has 0 aliphatic carbocycles. The van der Waals surface area contributed by atoms with E-state index in [9.17, 15) is 67.2 Å². The Morgan fingerprint density at radius 2 is 1.74 bits per heavy atom. The van der Waals surface area contributed by atoms with Crippen LogP contribution in [0.2, 0.25) is 0 Å². The fourth-order valence-corrected chi connectivity index (χ4v) is 8.82. The molecule has 0 saturated carbocycles. The van der Waals surface area contributed by atoms with Crippen LogP contribution in [0.15, 0.2) is 12.7 Å². The van der Waals surface area contributed by atoms with E-state index in [1.165, 1.54) is 13.8 Å².